The van der Waals surface area contributed by atoms with Crippen LogP contribution in [0.15, 0.2) is 53.3 Å². The lowest BCUT2D eigenvalue weighted by atomic mass is 10.2. The van der Waals surface area contributed by atoms with Crippen molar-refractivity contribution in [1.29, 1.82) is 0 Å². The summed E-state index contributed by atoms with van der Waals surface area (Å²) in [4.78, 5) is 11.8. The van der Waals surface area contributed by atoms with Gasteiger partial charge in [0.1, 0.15) is 0 Å². The summed E-state index contributed by atoms with van der Waals surface area (Å²) >= 11 is 0. The van der Waals surface area contributed by atoms with Crippen LogP contribution < -0.4 is 5.56 Å². The number of aryl methyl sites for hydroxylation is 1. The highest BCUT2D eigenvalue weighted by Crippen LogP contribution is 2.13. The standard InChI is InChI=1S/C15H14N2O/c1-11-7-8-13-14(9-11)17(16-15(13)18)10-12-5-3-2-4-6-12/h2-9H,10H2,1H3,(H,16,18). The number of aromatic nitrogens is 2. The van der Waals surface area contributed by atoms with Crippen molar-refractivity contribution < 1.29 is 0 Å². The highest BCUT2D eigenvalue weighted by atomic mass is 16.1. The normalized spacial score (nSPS) is 10.9. The molecule has 0 saturated carbocycles. The monoisotopic (exact) mass is 238 g/mol. The molecule has 3 rings (SSSR count). The summed E-state index contributed by atoms with van der Waals surface area (Å²) in [6, 6.07) is 16.0. The number of rotatable bonds is 2. The maximum atomic E-state index is 11.8. The van der Waals surface area contributed by atoms with Gasteiger partial charge in [0.2, 0.25) is 0 Å². The van der Waals surface area contributed by atoms with Crippen molar-refractivity contribution >= 4 is 10.9 Å². The quantitative estimate of drug-likeness (QED) is 0.732. The Labute approximate surface area is 105 Å². The van der Waals surface area contributed by atoms with Crippen molar-refractivity contribution in [2.24, 2.45) is 0 Å². The molecule has 0 atom stereocenters. The number of nitrogens with one attached hydrogen (secondary N) is 1. The molecule has 0 fully saturated rings. The maximum absolute atomic E-state index is 11.8. The van der Waals surface area contributed by atoms with Crippen LogP contribution in [0, 0.1) is 6.92 Å². The van der Waals surface area contributed by atoms with E-state index < -0.39 is 0 Å². The summed E-state index contributed by atoms with van der Waals surface area (Å²) in [5, 5.41) is 3.64. The Balaban J connectivity index is 2.12. The van der Waals surface area contributed by atoms with Gasteiger partial charge in [-0.15, -0.1) is 0 Å². The summed E-state index contributed by atoms with van der Waals surface area (Å²) in [6.07, 6.45) is 0. The Bertz CT molecular complexity index is 738. The summed E-state index contributed by atoms with van der Waals surface area (Å²) < 4.78 is 1.90. The van der Waals surface area contributed by atoms with E-state index in [4.69, 9.17) is 0 Å². The van der Waals surface area contributed by atoms with E-state index in [0.717, 1.165) is 16.5 Å². The van der Waals surface area contributed by atoms with Crippen LogP contribution in [0.1, 0.15) is 11.1 Å². The van der Waals surface area contributed by atoms with Crippen molar-refractivity contribution in [3.05, 3.63) is 70.0 Å². The van der Waals surface area contributed by atoms with E-state index in [1.165, 1.54) is 5.56 Å². The maximum Gasteiger partial charge on any atom is 0.271 e. The molecule has 90 valence electrons. The van der Waals surface area contributed by atoms with Gasteiger partial charge in [-0.1, -0.05) is 36.4 Å². The average molecular weight is 238 g/mol. The first-order chi connectivity index (χ1) is 8.74. The Morgan fingerprint density at radius 3 is 2.67 bits per heavy atom. The topological polar surface area (TPSA) is 37.8 Å². The molecule has 1 aromatic heterocycles. The average Bonchev–Trinajstić information content (AvgIpc) is 2.67. The number of nitrogens with zero attached hydrogens (tertiary/aromatic N) is 1. The van der Waals surface area contributed by atoms with E-state index in [2.05, 4.69) is 17.2 Å². The predicted octanol–water partition coefficient (Wildman–Crippen LogP) is 2.69. The molecule has 1 N–H and O–H groups in total. The van der Waals surface area contributed by atoms with Crippen LogP contribution in [0.5, 0.6) is 0 Å². The van der Waals surface area contributed by atoms with Crippen molar-refractivity contribution in [3.63, 3.8) is 0 Å². The molecule has 0 aliphatic rings. The third-order valence-electron chi connectivity index (χ3n) is 3.11. The molecular weight excluding hydrogens is 224 g/mol. The molecule has 0 unspecified atom stereocenters. The highest BCUT2D eigenvalue weighted by Gasteiger charge is 2.06. The van der Waals surface area contributed by atoms with E-state index >= 15 is 0 Å². The molecule has 3 nitrogen and oxygen atoms in total. The van der Waals surface area contributed by atoms with Crippen LogP contribution in [0.25, 0.3) is 10.9 Å². The molecule has 1 heterocycles. The number of hydrogen-bond acceptors (Lipinski definition) is 1. The minimum Gasteiger partial charge on any atom is -0.280 e. The second-order valence-electron chi connectivity index (χ2n) is 4.53. The number of H-pyrrole nitrogens is 1. The number of hydrogen-bond donors (Lipinski definition) is 1. The molecule has 3 heteroatoms. The Hall–Kier alpha value is -2.29. The zero-order chi connectivity index (χ0) is 12.5. The molecule has 0 amide bonds. The third-order valence-corrected chi connectivity index (χ3v) is 3.11. The van der Waals surface area contributed by atoms with Crippen molar-refractivity contribution in [3.8, 4) is 0 Å². The number of fused-ring (bicyclic) bond motifs is 1. The van der Waals surface area contributed by atoms with Crippen LogP contribution in [-0.2, 0) is 6.54 Å². The Kier molecular flexibility index (Phi) is 2.52. The molecule has 0 spiro atoms. The van der Waals surface area contributed by atoms with Crippen molar-refractivity contribution in [1.82, 2.24) is 9.78 Å². The zero-order valence-corrected chi connectivity index (χ0v) is 10.2. The lowest BCUT2D eigenvalue weighted by Crippen LogP contribution is -2.06. The summed E-state index contributed by atoms with van der Waals surface area (Å²) in [7, 11) is 0. The molecule has 0 radical (unpaired) electrons. The van der Waals surface area contributed by atoms with Crippen molar-refractivity contribution in [2.45, 2.75) is 13.5 Å². The first kappa shape index (κ1) is 10.8. The minimum absolute atomic E-state index is 0.0269. The predicted molar refractivity (Wildman–Crippen MR) is 72.8 cm³/mol. The molecular formula is C15H14N2O. The number of aromatic amines is 1. The van der Waals surface area contributed by atoms with Gasteiger partial charge in [-0.05, 0) is 30.2 Å². The van der Waals surface area contributed by atoms with Gasteiger partial charge in [0.25, 0.3) is 5.56 Å². The van der Waals surface area contributed by atoms with Gasteiger partial charge in [-0.25, -0.2) is 0 Å². The fraction of sp³-hybridized carbons (Fsp3) is 0.133. The van der Waals surface area contributed by atoms with Gasteiger partial charge in [0.05, 0.1) is 17.4 Å². The van der Waals surface area contributed by atoms with Crippen LogP contribution in [0.4, 0.5) is 0 Å². The Morgan fingerprint density at radius 2 is 1.89 bits per heavy atom. The third kappa shape index (κ3) is 1.84. The van der Waals surface area contributed by atoms with E-state index in [0.29, 0.717) is 6.54 Å². The van der Waals surface area contributed by atoms with Gasteiger partial charge in [0, 0.05) is 0 Å². The molecule has 2 aromatic carbocycles. The smallest absolute Gasteiger partial charge is 0.271 e. The summed E-state index contributed by atoms with van der Waals surface area (Å²) in [6.45, 7) is 2.72. The molecule has 0 bridgehead atoms. The Morgan fingerprint density at radius 1 is 1.11 bits per heavy atom. The van der Waals surface area contributed by atoms with Gasteiger partial charge < -0.3 is 0 Å². The van der Waals surface area contributed by atoms with E-state index in [9.17, 15) is 4.79 Å². The van der Waals surface area contributed by atoms with Crippen LogP contribution in [0.2, 0.25) is 0 Å². The largest absolute Gasteiger partial charge is 0.280 e. The van der Waals surface area contributed by atoms with Gasteiger partial charge >= 0.3 is 0 Å². The highest BCUT2D eigenvalue weighted by molar-refractivity contribution is 5.79. The number of benzene rings is 2. The zero-order valence-electron chi connectivity index (χ0n) is 10.2. The fourth-order valence-electron chi connectivity index (χ4n) is 2.19. The van der Waals surface area contributed by atoms with Crippen LogP contribution in [0.3, 0.4) is 0 Å². The van der Waals surface area contributed by atoms with Gasteiger partial charge in [0.15, 0.2) is 0 Å². The molecule has 0 aliphatic carbocycles. The first-order valence-corrected chi connectivity index (χ1v) is 5.97. The van der Waals surface area contributed by atoms with Crippen molar-refractivity contribution in [2.75, 3.05) is 0 Å². The first-order valence-electron chi connectivity index (χ1n) is 5.97. The van der Waals surface area contributed by atoms with Crippen LogP contribution in [-0.4, -0.2) is 9.78 Å². The molecule has 0 saturated heterocycles. The summed E-state index contributed by atoms with van der Waals surface area (Å²) in [5.74, 6) is 0. The molecule has 0 aliphatic heterocycles. The second-order valence-corrected chi connectivity index (χ2v) is 4.53. The van der Waals surface area contributed by atoms with Gasteiger partial charge in [-0.2, -0.15) is 0 Å². The molecule has 18 heavy (non-hydrogen) atoms. The van der Waals surface area contributed by atoms with E-state index in [-0.39, 0.29) is 5.56 Å². The lowest BCUT2D eigenvalue weighted by Gasteiger charge is -2.05. The summed E-state index contributed by atoms with van der Waals surface area (Å²) in [5.41, 5.74) is 3.26. The SMILES string of the molecule is Cc1ccc2c(=O)[nH]n(Cc3ccccc3)c2c1. The molecule has 3 aromatic rings. The van der Waals surface area contributed by atoms with E-state index in [1.54, 1.807) is 0 Å². The fourth-order valence-corrected chi connectivity index (χ4v) is 2.19. The minimum atomic E-state index is -0.0269. The lowest BCUT2D eigenvalue weighted by molar-refractivity contribution is 0.703. The van der Waals surface area contributed by atoms with Crippen LogP contribution >= 0.6 is 0 Å². The van der Waals surface area contributed by atoms with Gasteiger partial charge in [-0.3, -0.25) is 14.6 Å². The van der Waals surface area contributed by atoms with E-state index in [1.807, 2.05) is 48.0 Å². The second kappa shape index (κ2) is 4.18.